The third kappa shape index (κ3) is 2.42. The van der Waals surface area contributed by atoms with Crippen molar-refractivity contribution >= 4 is 16.5 Å². The minimum Gasteiger partial charge on any atom is -0.374 e. The fraction of sp³-hybridized carbons (Fsp3) is 0.778. The summed E-state index contributed by atoms with van der Waals surface area (Å²) in [6.07, 6.45) is 4.19. The molecule has 0 unspecified atom stereocenters. The Bertz CT molecular complexity index is 295. The van der Waals surface area contributed by atoms with E-state index in [1.807, 2.05) is 0 Å². The molecule has 2 N–H and O–H groups in total. The van der Waals surface area contributed by atoms with E-state index in [0.717, 1.165) is 17.5 Å². The van der Waals surface area contributed by atoms with Gasteiger partial charge in [-0.15, -0.1) is 10.2 Å². The summed E-state index contributed by atoms with van der Waals surface area (Å²) in [5.41, 5.74) is 5.52. The van der Waals surface area contributed by atoms with Gasteiger partial charge in [-0.2, -0.15) is 0 Å². The van der Waals surface area contributed by atoms with Gasteiger partial charge < -0.3 is 5.73 Å². The predicted molar refractivity (Wildman–Crippen MR) is 58.0 cm³/mol. The molecule has 0 atom stereocenters. The van der Waals surface area contributed by atoms with Gasteiger partial charge in [-0.25, -0.2) is 0 Å². The molecule has 0 spiro atoms. The maximum Gasteiger partial charge on any atom is 0.203 e. The highest BCUT2D eigenvalue weighted by Gasteiger charge is 2.19. The van der Waals surface area contributed by atoms with Crippen LogP contribution in [0.2, 0.25) is 0 Å². The van der Waals surface area contributed by atoms with Crippen LogP contribution >= 0.6 is 11.3 Å². The summed E-state index contributed by atoms with van der Waals surface area (Å²) < 4.78 is 0. The molecule has 1 aromatic heterocycles. The number of nitrogens with two attached hydrogens (primary N) is 1. The number of anilines is 1. The number of rotatable bonds is 4. The highest BCUT2D eigenvalue weighted by atomic mass is 32.1. The second-order valence-corrected chi connectivity index (χ2v) is 5.12. The van der Waals surface area contributed by atoms with Crippen molar-refractivity contribution in [3.63, 3.8) is 0 Å². The molecule has 0 aromatic carbocycles. The van der Waals surface area contributed by atoms with E-state index in [2.05, 4.69) is 22.1 Å². The average Bonchev–Trinajstić information content (AvgIpc) is 2.44. The first kappa shape index (κ1) is 9.86. The molecule has 0 radical (unpaired) electrons. The molecule has 14 heavy (non-hydrogen) atoms. The number of nitrogen functional groups attached to an aromatic ring is 1. The molecule has 1 fully saturated rings. The van der Waals surface area contributed by atoms with E-state index in [0.29, 0.717) is 5.13 Å². The van der Waals surface area contributed by atoms with Crippen LogP contribution in [-0.2, 0) is 6.54 Å². The molecule has 0 aliphatic heterocycles. The Hall–Kier alpha value is -0.680. The Balaban J connectivity index is 1.78. The molecule has 2 rings (SSSR count). The Morgan fingerprint density at radius 1 is 1.50 bits per heavy atom. The van der Waals surface area contributed by atoms with Crippen molar-refractivity contribution in [1.82, 2.24) is 15.1 Å². The van der Waals surface area contributed by atoms with Crippen molar-refractivity contribution in [2.75, 3.05) is 19.3 Å². The third-order valence-corrected chi connectivity index (χ3v) is 3.42. The lowest BCUT2D eigenvalue weighted by Crippen LogP contribution is -2.29. The summed E-state index contributed by atoms with van der Waals surface area (Å²) in [6.45, 7) is 2.06. The molecule has 0 amide bonds. The second-order valence-electron chi connectivity index (χ2n) is 4.03. The van der Waals surface area contributed by atoms with Crippen molar-refractivity contribution < 1.29 is 0 Å². The van der Waals surface area contributed by atoms with Crippen LogP contribution in [-0.4, -0.2) is 28.7 Å². The van der Waals surface area contributed by atoms with E-state index >= 15 is 0 Å². The van der Waals surface area contributed by atoms with Gasteiger partial charge in [0.1, 0.15) is 5.01 Å². The van der Waals surface area contributed by atoms with Gasteiger partial charge >= 0.3 is 0 Å². The topological polar surface area (TPSA) is 55.0 Å². The third-order valence-electron chi connectivity index (χ3n) is 2.68. The summed E-state index contributed by atoms with van der Waals surface area (Å²) in [5, 5.41) is 9.40. The lowest BCUT2D eigenvalue weighted by molar-refractivity contribution is 0.200. The molecule has 1 aliphatic rings. The second kappa shape index (κ2) is 4.23. The lowest BCUT2D eigenvalue weighted by Gasteiger charge is -2.29. The molecule has 5 heteroatoms. The van der Waals surface area contributed by atoms with E-state index in [9.17, 15) is 0 Å². The summed E-state index contributed by atoms with van der Waals surface area (Å²) in [7, 11) is 2.13. The van der Waals surface area contributed by atoms with Crippen LogP contribution < -0.4 is 5.73 Å². The predicted octanol–water partition coefficient (Wildman–Crippen LogP) is 1.35. The number of hydrogen-bond donors (Lipinski definition) is 1. The van der Waals surface area contributed by atoms with Crippen molar-refractivity contribution in [2.45, 2.75) is 25.8 Å². The van der Waals surface area contributed by atoms with E-state index in [4.69, 9.17) is 5.73 Å². The molecule has 1 saturated carbocycles. The monoisotopic (exact) mass is 212 g/mol. The van der Waals surface area contributed by atoms with Crippen LogP contribution in [0.1, 0.15) is 24.3 Å². The molecule has 78 valence electrons. The zero-order chi connectivity index (χ0) is 9.97. The van der Waals surface area contributed by atoms with Gasteiger partial charge in [0.25, 0.3) is 0 Å². The SMILES string of the molecule is CN(Cc1nnc(N)s1)CC1CCC1. The highest BCUT2D eigenvalue weighted by molar-refractivity contribution is 7.15. The summed E-state index contributed by atoms with van der Waals surface area (Å²) >= 11 is 1.48. The zero-order valence-electron chi connectivity index (χ0n) is 8.44. The lowest BCUT2D eigenvalue weighted by atomic mass is 9.85. The summed E-state index contributed by atoms with van der Waals surface area (Å²) in [6, 6.07) is 0. The first-order valence-corrected chi connectivity index (χ1v) is 5.82. The van der Waals surface area contributed by atoms with E-state index < -0.39 is 0 Å². The van der Waals surface area contributed by atoms with Crippen LogP contribution in [0.5, 0.6) is 0 Å². The molecule has 1 heterocycles. The molecule has 0 saturated heterocycles. The minimum absolute atomic E-state index is 0.567. The highest BCUT2D eigenvalue weighted by Crippen LogP contribution is 2.27. The van der Waals surface area contributed by atoms with Crippen LogP contribution in [0, 0.1) is 5.92 Å². The first-order valence-electron chi connectivity index (χ1n) is 5.00. The fourth-order valence-electron chi connectivity index (χ4n) is 1.74. The van der Waals surface area contributed by atoms with E-state index in [1.54, 1.807) is 0 Å². The van der Waals surface area contributed by atoms with Crippen molar-refractivity contribution in [3.05, 3.63) is 5.01 Å². The number of nitrogens with zero attached hydrogens (tertiary/aromatic N) is 3. The Morgan fingerprint density at radius 3 is 2.79 bits per heavy atom. The van der Waals surface area contributed by atoms with E-state index in [1.165, 1.54) is 37.1 Å². The van der Waals surface area contributed by atoms with Crippen LogP contribution in [0.4, 0.5) is 5.13 Å². The summed E-state index contributed by atoms with van der Waals surface area (Å²) in [5.74, 6) is 0.908. The quantitative estimate of drug-likeness (QED) is 0.818. The Labute approximate surface area is 88.1 Å². The normalized spacial score (nSPS) is 17.3. The standard InChI is InChI=1S/C9H16N4S/c1-13(5-7-3-2-4-7)6-8-11-12-9(10)14-8/h7H,2-6H2,1H3,(H2,10,12). The molecule has 1 aromatic rings. The number of aromatic nitrogens is 2. The Kier molecular flexibility index (Phi) is 2.98. The average molecular weight is 212 g/mol. The van der Waals surface area contributed by atoms with Gasteiger partial charge in [-0.1, -0.05) is 17.8 Å². The molecule has 1 aliphatic carbocycles. The van der Waals surface area contributed by atoms with Crippen LogP contribution in [0.3, 0.4) is 0 Å². The maximum atomic E-state index is 5.52. The van der Waals surface area contributed by atoms with E-state index in [-0.39, 0.29) is 0 Å². The molecular formula is C9H16N4S. The Morgan fingerprint density at radius 2 is 2.29 bits per heavy atom. The van der Waals surface area contributed by atoms with Crippen LogP contribution in [0.15, 0.2) is 0 Å². The summed E-state index contributed by atoms with van der Waals surface area (Å²) in [4.78, 5) is 2.31. The minimum atomic E-state index is 0.567. The molecular weight excluding hydrogens is 196 g/mol. The number of hydrogen-bond acceptors (Lipinski definition) is 5. The van der Waals surface area contributed by atoms with Crippen molar-refractivity contribution in [1.29, 1.82) is 0 Å². The zero-order valence-corrected chi connectivity index (χ0v) is 9.26. The van der Waals surface area contributed by atoms with Gasteiger partial charge in [-0.3, -0.25) is 4.90 Å². The van der Waals surface area contributed by atoms with Crippen molar-refractivity contribution in [2.24, 2.45) is 5.92 Å². The largest absolute Gasteiger partial charge is 0.374 e. The van der Waals surface area contributed by atoms with Gasteiger partial charge in [0, 0.05) is 6.54 Å². The fourth-order valence-corrected chi connectivity index (χ4v) is 2.43. The van der Waals surface area contributed by atoms with Crippen LogP contribution in [0.25, 0.3) is 0 Å². The van der Waals surface area contributed by atoms with Gasteiger partial charge in [0.05, 0.1) is 6.54 Å². The van der Waals surface area contributed by atoms with Crippen molar-refractivity contribution in [3.8, 4) is 0 Å². The molecule has 4 nitrogen and oxygen atoms in total. The van der Waals surface area contributed by atoms with Gasteiger partial charge in [0.15, 0.2) is 0 Å². The van der Waals surface area contributed by atoms with Gasteiger partial charge in [0.2, 0.25) is 5.13 Å². The van der Waals surface area contributed by atoms with Gasteiger partial charge in [-0.05, 0) is 25.8 Å². The smallest absolute Gasteiger partial charge is 0.203 e. The molecule has 0 bridgehead atoms. The maximum absolute atomic E-state index is 5.52. The first-order chi connectivity index (χ1) is 6.74.